The molecule has 0 atom stereocenters. The van der Waals surface area contributed by atoms with Crippen LogP contribution in [0.2, 0.25) is 0 Å². The van der Waals surface area contributed by atoms with Gasteiger partial charge in [0.25, 0.3) is 11.8 Å². The lowest BCUT2D eigenvalue weighted by Crippen LogP contribution is -2.17. The number of amides is 2. The van der Waals surface area contributed by atoms with Gasteiger partial charge in [-0.15, -0.1) is 0 Å². The number of methoxy groups -OCH3 is 1. The summed E-state index contributed by atoms with van der Waals surface area (Å²) in [5.74, 6) is -0.184. The van der Waals surface area contributed by atoms with Crippen LogP contribution in [0.3, 0.4) is 0 Å². The van der Waals surface area contributed by atoms with Gasteiger partial charge in [0.15, 0.2) is 0 Å². The van der Waals surface area contributed by atoms with Crippen LogP contribution in [0.5, 0.6) is 5.75 Å². The number of nitrogens with zero attached hydrogens (tertiary/aromatic N) is 1. The van der Waals surface area contributed by atoms with Crippen LogP contribution in [0.1, 0.15) is 26.4 Å². The molecule has 1 aromatic heterocycles. The van der Waals surface area contributed by atoms with Crippen LogP contribution < -0.4 is 15.4 Å². The summed E-state index contributed by atoms with van der Waals surface area (Å²) in [5, 5.41) is 5.56. The van der Waals surface area contributed by atoms with Gasteiger partial charge in [0.1, 0.15) is 11.4 Å². The fourth-order valence-corrected chi connectivity index (χ4v) is 2.56. The maximum absolute atomic E-state index is 12.5. The highest BCUT2D eigenvalue weighted by molar-refractivity contribution is 6.08. The highest BCUT2D eigenvalue weighted by Gasteiger charge is 2.14. The zero-order valence-corrected chi connectivity index (χ0v) is 15.0. The second-order valence-corrected chi connectivity index (χ2v) is 5.91. The summed E-state index contributed by atoms with van der Waals surface area (Å²) in [4.78, 5) is 29.0. The minimum Gasteiger partial charge on any atom is -0.495 e. The van der Waals surface area contributed by atoms with Gasteiger partial charge in [-0.1, -0.05) is 24.3 Å². The molecule has 2 aromatic carbocycles. The number of nitrogens with one attached hydrogen (secondary N) is 2. The third kappa shape index (κ3) is 4.49. The molecule has 2 N–H and O–H groups in total. The molecule has 2 amide bonds. The van der Waals surface area contributed by atoms with E-state index < -0.39 is 0 Å². The molecule has 6 heteroatoms. The molecule has 0 saturated heterocycles. The Labute approximate surface area is 157 Å². The second-order valence-electron chi connectivity index (χ2n) is 5.91. The molecule has 0 aliphatic heterocycles. The molecule has 0 bridgehead atoms. The minimum absolute atomic E-state index is 0.157. The Morgan fingerprint density at radius 2 is 1.74 bits per heavy atom. The molecule has 27 heavy (non-hydrogen) atoms. The zero-order valence-electron chi connectivity index (χ0n) is 15.0. The van der Waals surface area contributed by atoms with Crippen molar-refractivity contribution in [2.45, 2.75) is 6.92 Å². The van der Waals surface area contributed by atoms with Gasteiger partial charge in [-0.05, 0) is 48.9 Å². The first-order chi connectivity index (χ1) is 13.1. The van der Waals surface area contributed by atoms with Gasteiger partial charge in [0.05, 0.1) is 12.8 Å². The Bertz CT molecular complexity index is 986. The summed E-state index contributed by atoms with van der Waals surface area (Å²) >= 11 is 0. The van der Waals surface area contributed by atoms with Crippen molar-refractivity contribution in [1.82, 2.24) is 4.98 Å². The lowest BCUT2D eigenvalue weighted by atomic mass is 10.2. The van der Waals surface area contributed by atoms with Crippen LogP contribution in [0.15, 0.2) is 66.9 Å². The van der Waals surface area contributed by atoms with E-state index in [-0.39, 0.29) is 17.5 Å². The van der Waals surface area contributed by atoms with Crippen LogP contribution in [0.4, 0.5) is 11.4 Å². The van der Waals surface area contributed by atoms with Crippen molar-refractivity contribution >= 4 is 23.2 Å². The van der Waals surface area contributed by atoms with Gasteiger partial charge in [-0.2, -0.15) is 0 Å². The molecule has 3 rings (SSSR count). The first kappa shape index (κ1) is 18.1. The number of rotatable bonds is 5. The highest BCUT2D eigenvalue weighted by atomic mass is 16.5. The molecule has 0 unspecified atom stereocenters. The van der Waals surface area contributed by atoms with Crippen LogP contribution in [0.25, 0.3) is 0 Å². The average Bonchev–Trinajstić information content (AvgIpc) is 2.68. The highest BCUT2D eigenvalue weighted by Crippen LogP contribution is 2.23. The van der Waals surface area contributed by atoms with E-state index >= 15 is 0 Å². The number of carbonyl (C=O) groups excluding carboxylic acids is 2. The van der Waals surface area contributed by atoms with Gasteiger partial charge in [-0.25, -0.2) is 0 Å². The summed E-state index contributed by atoms with van der Waals surface area (Å²) in [5.41, 5.74) is 2.73. The fraction of sp³-hybridized carbons (Fsp3) is 0.0952. The number of ether oxygens (including phenoxy) is 1. The van der Waals surface area contributed by atoms with Crippen molar-refractivity contribution in [3.8, 4) is 5.75 Å². The molecule has 0 fully saturated rings. The molecule has 6 nitrogen and oxygen atoms in total. The number of carbonyl (C=O) groups is 2. The molecule has 1 heterocycles. The van der Waals surface area contributed by atoms with E-state index in [1.54, 1.807) is 30.3 Å². The third-order valence-corrected chi connectivity index (χ3v) is 3.89. The first-order valence-corrected chi connectivity index (χ1v) is 8.35. The van der Waals surface area contributed by atoms with E-state index in [4.69, 9.17) is 4.74 Å². The van der Waals surface area contributed by atoms with Gasteiger partial charge in [0.2, 0.25) is 0 Å². The molecule has 0 saturated carbocycles. The number of hydrogen-bond acceptors (Lipinski definition) is 4. The smallest absolute Gasteiger partial charge is 0.274 e. The number of benzene rings is 2. The number of aryl methyl sites for hydroxylation is 1. The van der Waals surface area contributed by atoms with Crippen molar-refractivity contribution in [1.29, 1.82) is 0 Å². The minimum atomic E-state index is -0.382. The SMILES string of the molecule is COc1ccccc1NC(=O)c1ccnc(C(=O)Nc2cccc(C)c2)c1. The van der Waals surface area contributed by atoms with E-state index in [0.29, 0.717) is 22.7 Å². The van der Waals surface area contributed by atoms with E-state index in [1.165, 1.54) is 19.4 Å². The Kier molecular flexibility index (Phi) is 5.47. The summed E-state index contributed by atoms with van der Waals surface area (Å²) in [6.07, 6.45) is 1.43. The molecule has 0 spiro atoms. The van der Waals surface area contributed by atoms with Gasteiger partial charge >= 0.3 is 0 Å². The summed E-state index contributed by atoms with van der Waals surface area (Å²) in [6, 6.07) is 17.6. The Morgan fingerprint density at radius 3 is 2.52 bits per heavy atom. The van der Waals surface area contributed by atoms with Crippen LogP contribution in [-0.4, -0.2) is 23.9 Å². The third-order valence-electron chi connectivity index (χ3n) is 3.89. The van der Waals surface area contributed by atoms with E-state index in [1.807, 2.05) is 31.2 Å². The maximum atomic E-state index is 12.5. The molecule has 3 aromatic rings. The second kappa shape index (κ2) is 8.14. The average molecular weight is 361 g/mol. The van der Waals surface area contributed by atoms with Crippen LogP contribution >= 0.6 is 0 Å². The van der Waals surface area contributed by atoms with Crippen molar-refractivity contribution in [2.75, 3.05) is 17.7 Å². The molecule has 0 radical (unpaired) electrons. The van der Waals surface area contributed by atoms with Crippen molar-refractivity contribution < 1.29 is 14.3 Å². The molecule has 136 valence electrons. The zero-order chi connectivity index (χ0) is 19.2. The fourth-order valence-electron chi connectivity index (χ4n) is 2.56. The molecule has 0 aliphatic carbocycles. The maximum Gasteiger partial charge on any atom is 0.274 e. The monoisotopic (exact) mass is 361 g/mol. The number of para-hydroxylation sites is 2. The van der Waals surface area contributed by atoms with E-state index in [2.05, 4.69) is 15.6 Å². The van der Waals surface area contributed by atoms with E-state index in [9.17, 15) is 9.59 Å². The predicted molar refractivity (Wildman–Crippen MR) is 104 cm³/mol. The number of aromatic nitrogens is 1. The quantitative estimate of drug-likeness (QED) is 0.722. The Hall–Kier alpha value is -3.67. The van der Waals surface area contributed by atoms with E-state index in [0.717, 1.165) is 5.56 Å². The first-order valence-electron chi connectivity index (χ1n) is 8.35. The number of anilines is 2. The number of pyridine rings is 1. The predicted octanol–water partition coefficient (Wildman–Crippen LogP) is 3.90. The Balaban J connectivity index is 1.76. The number of hydrogen-bond donors (Lipinski definition) is 2. The van der Waals surface area contributed by atoms with Crippen molar-refractivity contribution in [3.63, 3.8) is 0 Å². The lowest BCUT2D eigenvalue weighted by Gasteiger charge is -2.10. The summed E-state index contributed by atoms with van der Waals surface area (Å²) in [6.45, 7) is 1.94. The van der Waals surface area contributed by atoms with Crippen LogP contribution in [0, 0.1) is 6.92 Å². The topological polar surface area (TPSA) is 80.3 Å². The van der Waals surface area contributed by atoms with Crippen molar-refractivity contribution in [2.24, 2.45) is 0 Å². The van der Waals surface area contributed by atoms with Crippen LogP contribution in [-0.2, 0) is 0 Å². The van der Waals surface area contributed by atoms with Gasteiger partial charge in [-0.3, -0.25) is 14.6 Å². The standard InChI is InChI=1S/C21H19N3O3/c1-14-6-5-7-16(12-14)23-21(26)18-13-15(10-11-22-18)20(25)24-17-8-3-4-9-19(17)27-2/h3-13H,1-2H3,(H,23,26)(H,24,25). The Morgan fingerprint density at radius 1 is 0.926 bits per heavy atom. The molecular weight excluding hydrogens is 342 g/mol. The van der Waals surface area contributed by atoms with Gasteiger partial charge in [0, 0.05) is 17.4 Å². The summed E-state index contributed by atoms with van der Waals surface area (Å²) < 4.78 is 5.23. The molecular formula is C21H19N3O3. The molecule has 0 aliphatic rings. The van der Waals surface area contributed by atoms with Crippen molar-refractivity contribution in [3.05, 3.63) is 83.7 Å². The van der Waals surface area contributed by atoms with Gasteiger partial charge < -0.3 is 15.4 Å². The normalized spacial score (nSPS) is 10.1. The largest absolute Gasteiger partial charge is 0.495 e. The summed E-state index contributed by atoms with van der Waals surface area (Å²) in [7, 11) is 1.53. The lowest BCUT2D eigenvalue weighted by molar-refractivity contribution is 0.102.